The van der Waals surface area contributed by atoms with E-state index in [1.807, 2.05) is 6.92 Å². The number of carbonyl (C=O) groups excluding carboxylic acids is 1. The zero-order valence-electron chi connectivity index (χ0n) is 10.8. The highest BCUT2D eigenvalue weighted by atomic mass is 16.4. The molecule has 0 aliphatic carbocycles. The van der Waals surface area contributed by atoms with E-state index in [2.05, 4.69) is 10.6 Å². The predicted molar refractivity (Wildman–Crippen MR) is 64.7 cm³/mol. The molecule has 1 aliphatic heterocycles. The van der Waals surface area contributed by atoms with E-state index in [4.69, 9.17) is 5.11 Å². The topological polar surface area (TPSA) is 78.4 Å². The highest BCUT2D eigenvalue weighted by molar-refractivity contribution is 5.83. The van der Waals surface area contributed by atoms with Crippen LogP contribution in [0.25, 0.3) is 0 Å². The van der Waals surface area contributed by atoms with Crippen LogP contribution in [0.15, 0.2) is 0 Å². The lowest BCUT2D eigenvalue weighted by atomic mass is 9.79. The lowest BCUT2D eigenvalue weighted by molar-refractivity contribution is -0.139. The molecule has 5 heteroatoms. The number of nitrogens with one attached hydrogen (secondary N) is 2. The number of carboxylic acids is 1. The summed E-state index contributed by atoms with van der Waals surface area (Å²) in [7, 11) is 0. The Balaban J connectivity index is 2.61. The van der Waals surface area contributed by atoms with Gasteiger partial charge in [-0.15, -0.1) is 0 Å². The van der Waals surface area contributed by atoms with Crippen molar-refractivity contribution in [3.63, 3.8) is 0 Å². The van der Waals surface area contributed by atoms with Gasteiger partial charge in [0.05, 0.1) is 6.42 Å². The van der Waals surface area contributed by atoms with Gasteiger partial charge in [0.25, 0.3) is 0 Å². The lowest BCUT2D eigenvalue weighted by Crippen LogP contribution is -2.53. The van der Waals surface area contributed by atoms with Gasteiger partial charge in [0.15, 0.2) is 0 Å². The molecule has 0 aromatic rings. The van der Waals surface area contributed by atoms with E-state index in [9.17, 15) is 9.59 Å². The Morgan fingerprint density at radius 3 is 2.35 bits per heavy atom. The van der Waals surface area contributed by atoms with Gasteiger partial charge >= 0.3 is 5.97 Å². The van der Waals surface area contributed by atoms with Crippen molar-refractivity contribution in [2.24, 2.45) is 5.41 Å². The Kier molecular flexibility index (Phi) is 4.14. The molecule has 0 radical (unpaired) electrons. The molecule has 5 nitrogen and oxygen atoms in total. The van der Waals surface area contributed by atoms with Crippen LogP contribution in [-0.4, -0.2) is 35.6 Å². The number of hydrogen-bond donors (Lipinski definition) is 3. The minimum Gasteiger partial charge on any atom is -0.481 e. The van der Waals surface area contributed by atoms with Gasteiger partial charge in [0.1, 0.15) is 0 Å². The number of carbonyl (C=O) groups is 2. The number of piperidine rings is 1. The van der Waals surface area contributed by atoms with Crippen LogP contribution in [0.5, 0.6) is 0 Å². The molecule has 98 valence electrons. The van der Waals surface area contributed by atoms with Crippen molar-refractivity contribution in [1.29, 1.82) is 0 Å². The van der Waals surface area contributed by atoms with E-state index in [-0.39, 0.29) is 17.7 Å². The first kappa shape index (κ1) is 14.0. The second-order valence-corrected chi connectivity index (χ2v) is 5.72. The Hall–Kier alpha value is -1.10. The summed E-state index contributed by atoms with van der Waals surface area (Å²) in [4.78, 5) is 22.9. The van der Waals surface area contributed by atoms with Gasteiger partial charge < -0.3 is 15.7 Å². The zero-order chi connectivity index (χ0) is 13.1. The molecule has 1 rings (SSSR count). The average Bonchev–Trinajstić information content (AvgIpc) is 2.15. The first-order chi connectivity index (χ1) is 7.75. The van der Waals surface area contributed by atoms with E-state index in [1.165, 1.54) is 0 Å². The Morgan fingerprint density at radius 1 is 1.35 bits per heavy atom. The molecule has 1 aliphatic rings. The maximum atomic E-state index is 12.2. The summed E-state index contributed by atoms with van der Waals surface area (Å²) >= 11 is 0. The average molecular weight is 242 g/mol. The predicted octanol–water partition coefficient (Wildman–Crippen LogP) is 0.746. The van der Waals surface area contributed by atoms with Gasteiger partial charge in [0, 0.05) is 11.0 Å². The van der Waals surface area contributed by atoms with Crippen LogP contribution in [0.1, 0.15) is 40.0 Å². The minimum atomic E-state index is -0.897. The quantitative estimate of drug-likeness (QED) is 0.679. The first-order valence-corrected chi connectivity index (χ1v) is 6.00. The minimum absolute atomic E-state index is 0.0368. The molecule has 0 saturated carbocycles. The second-order valence-electron chi connectivity index (χ2n) is 5.72. The van der Waals surface area contributed by atoms with Gasteiger partial charge in [-0.2, -0.15) is 0 Å². The molecule has 1 heterocycles. The molecule has 0 bridgehead atoms. The van der Waals surface area contributed by atoms with Crippen LogP contribution in [0.2, 0.25) is 0 Å². The van der Waals surface area contributed by atoms with Crippen molar-refractivity contribution < 1.29 is 14.7 Å². The summed E-state index contributed by atoms with van der Waals surface area (Å²) in [5, 5.41) is 14.8. The smallest absolute Gasteiger partial charge is 0.305 e. The fraction of sp³-hybridized carbons (Fsp3) is 0.833. The number of hydrogen-bond acceptors (Lipinski definition) is 3. The number of aliphatic carboxylic acids is 1. The molecule has 0 spiro atoms. The Bertz CT molecular complexity index is 307. The normalized spacial score (nSPS) is 19.7. The van der Waals surface area contributed by atoms with Crippen molar-refractivity contribution in [2.75, 3.05) is 13.1 Å². The summed E-state index contributed by atoms with van der Waals surface area (Å²) in [6, 6.07) is 0. The van der Waals surface area contributed by atoms with Crippen LogP contribution in [0.3, 0.4) is 0 Å². The molecule has 0 unspecified atom stereocenters. The van der Waals surface area contributed by atoms with E-state index in [0.717, 1.165) is 25.9 Å². The molecule has 0 atom stereocenters. The number of rotatable bonds is 4. The zero-order valence-corrected chi connectivity index (χ0v) is 10.8. The molecule has 1 saturated heterocycles. The fourth-order valence-electron chi connectivity index (χ4n) is 2.09. The van der Waals surface area contributed by atoms with Gasteiger partial charge in [-0.1, -0.05) is 6.92 Å². The van der Waals surface area contributed by atoms with Crippen LogP contribution < -0.4 is 10.6 Å². The van der Waals surface area contributed by atoms with Crippen molar-refractivity contribution >= 4 is 11.9 Å². The second kappa shape index (κ2) is 5.04. The Morgan fingerprint density at radius 2 is 1.88 bits per heavy atom. The van der Waals surface area contributed by atoms with Gasteiger partial charge in [0.2, 0.25) is 5.91 Å². The Labute approximate surface area is 102 Å². The fourth-order valence-corrected chi connectivity index (χ4v) is 2.09. The highest BCUT2D eigenvalue weighted by Crippen LogP contribution is 2.29. The monoisotopic (exact) mass is 242 g/mol. The molecule has 3 N–H and O–H groups in total. The van der Waals surface area contributed by atoms with Gasteiger partial charge in [-0.3, -0.25) is 9.59 Å². The maximum absolute atomic E-state index is 12.2. The third-order valence-corrected chi connectivity index (χ3v) is 3.30. The van der Waals surface area contributed by atoms with E-state index < -0.39 is 11.5 Å². The molecule has 17 heavy (non-hydrogen) atoms. The highest BCUT2D eigenvalue weighted by Gasteiger charge is 2.37. The molecular formula is C12H22N2O3. The molecule has 1 amide bonds. The number of amides is 1. The van der Waals surface area contributed by atoms with Gasteiger partial charge in [-0.05, 0) is 39.8 Å². The van der Waals surface area contributed by atoms with Crippen molar-refractivity contribution in [2.45, 2.75) is 45.6 Å². The summed E-state index contributed by atoms with van der Waals surface area (Å²) in [5.41, 5.74) is -1.07. The number of carboxylic acid groups (broad SMARTS) is 1. The largest absolute Gasteiger partial charge is 0.481 e. The molecule has 0 aromatic heterocycles. The summed E-state index contributed by atoms with van der Waals surface area (Å²) in [6.45, 7) is 7.10. The summed E-state index contributed by atoms with van der Waals surface area (Å²) in [6.07, 6.45) is 1.52. The van der Waals surface area contributed by atoms with Crippen LogP contribution in [0.4, 0.5) is 0 Å². The van der Waals surface area contributed by atoms with Crippen LogP contribution in [0, 0.1) is 5.41 Å². The van der Waals surface area contributed by atoms with Crippen molar-refractivity contribution in [3.05, 3.63) is 0 Å². The van der Waals surface area contributed by atoms with E-state index in [0.29, 0.717) is 0 Å². The molecule has 0 aromatic carbocycles. The van der Waals surface area contributed by atoms with Crippen LogP contribution >= 0.6 is 0 Å². The van der Waals surface area contributed by atoms with Crippen molar-refractivity contribution in [3.8, 4) is 0 Å². The first-order valence-electron chi connectivity index (χ1n) is 6.00. The van der Waals surface area contributed by atoms with Crippen LogP contribution in [-0.2, 0) is 9.59 Å². The van der Waals surface area contributed by atoms with Crippen molar-refractivity contribution in [1.82, 2.24) is 10.6 Å². The lowest BCUT2D eigenvalue weighted by Gasteiger charge is -2.36. The third kappa shape index (κ3) is 4.00. The maximum Gasteiger partial charge on any atom is 0.305 e. The third-order valence-electron chi connectivity index (χ3n) is 3.30. The van der Waals surface area contributed by atoms with E-state index in [1.54, 1.807) is 13.8 Å². The molecule has 1 fully saturated rings. The summed E-state index contributed by atoms with van der Waals surface area (Å²) < 4.78 is 0. The van der Waals surface area contributed by atoms with Gasteiger partial charge in [-0.25, -0.2) is 0 Å². The molecular weight excluding hydrogens is 220 g/mol. The standard InChI is InChI=1S/C12H22N2O3/c1-11(2,8-9(15)16)14-10(17)12(3)4-6-13-7-5-12/h13H,4-8H2,1-3H3,(H,14,17)(H,15,16). The van der Waals surface area contributed by atoms with E-state index >= 15 is 0 Å². The SMILES string of the molecule is CC(C)(CC(=O)O)NC(=O)C1(C)CCNCC1. The summed E-state index contributed by atoms with van der Waals surface area (Å²) in [5.74, 6) is -0.934.